The second-order valence-electron chi connectivity index (χ2n) is 5.31. The zero-order valence-corrected chi connectivity index (χ0v) is 11.4. The van der Waals surface area contributed by atoms with Crippen LogP contribution in [0.2, 0.25) is 0 Å². The van der Waals surface area contributed by atoms with Crippen LogP contribution < -0.4 is 0 Å². The van der Waals surface area contributed by atoms with Crippen LogP contribution in [0.15, 0.2) is 18.2 Å². The molecule has 0 amide bonds. The van der Waals surface area contributed by atoms with Crippen molar-refractivity contribution in [3.05, 3.63) is 29.3 Å². The van der Waals surface area contributed by atoms with Gasteiger partial charge in [-0.3, -0.25) is 4.90 Å². The van der Waals surface area contributed by atoms with Gasteiger partial charge in [-0.1, -0.05) is 17.7 Å². The van der Waals surface area contributed by atoms with E-state index in [1.807, 2.05) is 6.07 Å². The van der Waals surface area contributed by atoms with Crippen molar-refractivity contribution in [1.29, 1.82) is 0 Å². The quantitative estimate of drug-likeness (QED) is 0.890. The smallest absolute Gasteiger partial charge is 0.120 e. The first-order valence-electron chi connectivity index (χ1n) is 6.69. The summed E-state index contributed by atoms with van der Waals surface area (Å²) in [7, 11) is 1.77. The molecule has 2 rings (SSSR count). The van der Waals surface area contributed by atoms with Gasteiger partial charge in [0.1, 0.15) is 5.75 Å². The SMILES string of the molecule is COCC1CCN(Cc2cc(C)ccc2O)CC1. The van der Waals surface area contributed by atoms with E-state index in [4.69, 9.17) is 4.74 Å². The fraction of sp³-hybridized carbons (Fsp3) is 0.600. The molecular weight excluding hydrogens is 226 g/mol. The summed E-state index contributed by atoms with van der Waals surface area (Å²) < 4.78 is 5.21. The summed E-state index contributed by atoms with van der Waals surface area (Å²) >= 11 is 0. The highest BCUT2D eigenvalue weighted by Crippen LogP contribution is 2.23. The number of hydrogen-bond acceptors (Lipinski definition) is 3. The molecule has 3 nitrogen and oxygen atoms in total. The maximum Gasteiger partial charge on any atom is 0.120 e. The van der Waals surface area contributed by atoms with Crippen LogP contribution in [0.25, 0.3) is 0 Å². The van der Waals surface area contributed by atoms with Gasteiger partial charge in [-0.2, -0.15) is 0 Å². The number of likely N-dealkylation sites (tertiary alicyclic amines) is 1. The molecule has 0 atom stereocenters. The molecule has 0 bridgehead atoms. The van der Waals surface area contributed by atoms with E-state index in [1.54, 1.807) is 13.2 Å². The Hall–Kier alpha value is -1.06. The number of aryl methyl sites for hydroxylation is 1. The number of phenols is 1. The molecule has 3 heteroatoms. The van der Waals surface area contributed by atoms with Gasteiger partial charge in [0.15, 0.2) is 0 Å². The van der Waals surface area contributed by atoms with E-state index in [0.717, 1.165) is 31.8 Å². The third kappa shape index (κ3) is 3.47. The number of hydrogen-bond donors (Lipinski definition) is 1. The molecule has 1 aromatic carbocycles. The normalized spacial score (nSPS) is 18.1. The Morgan fingerprint density at radius 3 is 2.72 bits per heavy atom. The van der Waals surface area contributed by atoms with Gasteiger partial charge >= 0.3 is 0 Å². The molecule has 0 spiro atoms. The number of benzene rings is 1. The molecule has 0 aromatic heterocycles. The number of ether oxygens (including phenoxy) is 1. The predicted octanol–water partition coefficient (Wildman–Crippen LogP) is 2.56. The lowest BCUT2D eigenvalue weighted by Crippen LogP contribution is -2.34. The summed E-state index contributed by atoms with van der Waals surface area (Å²) in [5.74, 6) is 1.12. The molecule has 0 unspecified atom stereocenters. The molecule has 0 aliphatic carbocycles. The lowest BCUT2D eigenvalue weighted by Gasteiger charge is -2.31. The minimum atomic E-state index is 0.416. The van der Waals surface area contributed by atoms with E-state index in [-0.39, 0.29) is 0 Å². The van der Waals surface area contributed by atoms with Crippen LogP contribution in [-0.4, -0.2) is 36.8 Å². The van der Waals surface area contributed by atoms with E-state index in [2.05, 4.69) is 17.9 Å². The number of nitrogens with zero attached hydrogens (tertiary/aromatic N) is 1. The van der Waals surface area contributed by atoms with E-state index < -0.39 is 0 Å². The summed E-state index contributed by atoms with van der Waals surface area (Å²) in [4.78, 5) is 2.42. The molecule has 1 aliphatic heterocycles. The average molecular weight is 249 g/mol. The first kappa shape index (κ1) is 13.4. The molecule has 100 valence electrons. The minimum Gasteiger partial charge on any atom is -0.508 e. The fourth-order valence-electron chi connectivity index (χ4n) is 2.63. The number of rotatable bonds is 4. The van der Waals surface area contributed by atoms with Gasteiger partial charge in [0.25, 0.3) is 0 Å². The maximum atomic E-state index is 9.86. The third-order valence-electron chi connectivity index (χ3n) is 3.74. The molecule has 1 aliphatic rings. The second-order valence-corrected chi connectivity index (χ2v) is 5.31. The summed E-state index contributed by atoms with van der Waals surface area (Å²) in [5, 5.41) is 9.86. The van der Waals surface area contributed by atoms with Gasteiger partial charge in [0.05, 0.1) is 0 Å². The maximum absolute atomic E-state index is 9.86. The van der Waals surface area contributed by atoms with Crippen molar-refractivity contribution in [2.75, 3.05) is 26.8 Å². The predicted molar refractivity (Wildman–Crippen MR) is 72.7 cm³/mol. The van der Waals surface area contributed by atoms with E-state index in [0.29, 0.717) is 11.7 Å². The van der Waals surface area contributed by atoms with Crippen molar-refractivity contribution in [3.8, 4) is 5.75 Å². The lowest BCUT2D eigenvalue weighted by molar-refractivity contribution is 0.0965. The van der Waals surface area contributed by atoms with Crippen LogP contribution in [0, 0.1) is 12.8 Å². The summed E-state index contributed by atoms with van der Waals surface area (Å²) in [6, 6.07) is 5.82. The van der Waals surface area contributed by atoms with Crippen LogP contribution in [0.1, 0.15) is 24.0 Å². The average Bonchev–Trinajstić information content (AvgIpc) is 2.37. The zero-order chi connectivity index (χ0) is 13.0. The van der Waals surface area contributed by atoms with Crippen molar-refractivity contribution in [1.82, 2.24) is 4.90 Å². The van der Waals surface area contributed by atoms with Gasteiger partial charge < -0.3 is 9.84 Å². The third-order valence-corrected chi connectivity index (χ3v) is 3.74. The van der Waals surface area contributed by atoms with Gasteiger partial charge in [-0.25, -0.2) is 0 Å². The first-order chi connectivity index (χ1) is 8.69. The molecule has 1 N–H and O–H groups in total. The fourth-order valence-corrected chi connectivity index (χ4v) is 2.63. The highest BCUT2D eigenvalue weighted by atomic mass is 16.5. The summed E-state index contributed by atoms with van der Waals surface area (Å²) in [5.41, 5.74) is 2.25. The number of piperidine rings is 1. The Kier molecular flexibility index (Phi) is 4.61. The zero-order valence-electron chi connectivity index (χ0n) is 11.4. The lowest BCUT2D eigenvalue weighted by atomic mass is 9.97. The Labute approximate surface area is 109 Å². The van der Waals surface area contributed by atoms with Crippen molar-refractivity contribution in [2.45, 2.75) is 26.3 Å². The number of methoxy groups -OCH3 is 1. The van der Waals surface area contributed by atoms with Crippen LogP contribution >= 0.6 is 0 Å². The van der Waals surface area contributed by atoms with E-state index >= 15 is 0 Å². The van der Waals surface area contributed by atoms with Gasteiger partial charge in [0, 0.05) is 25.8 Å². The molecule has 0 saturated carbocycles. The second kappa shape index (κ2) is 6.21. The number of phenolic OH excluding ortho intramolecular Hbond substituents is 1. The van der Waals surface area contributed by atoms with E-state index in [1.165, 1.54) is 18.4 Å². The summed E-state index contributed by atoms with van der Waals surface area (Å²) in [6.45, 7) is 5.99. The van der Waals surface area contributed by atoms with Crippen LogP contribution in [0.3, 0.4) is 0 Å². The highest BCUT2D eigenvalue weighted by Gasteiger charge is 2.19. The molecule has 1 heterocycles. The Morgan fingerprint density at radius 2 is 2.06 bits per heavy atom. The largest absolute Gasteiger partial charge is 0.508 e. The molecular formula is C15H23NO2. The first-order valence-corrected chi connectivity index (χ1v) is 6.69. The van der Waals surface area contributed by atoms with Crippen molar-refractivity contribution in [2.24, 2.45) is 5.92 Å². The van der Waals surface area contributed by atoms with Crippen molar-refractivity contribution in [3.63, 3.8) is 0 Å². The monoisotopic (exact) mass is 249 g/mol. The standard InChI is InChI=1S/C15H23NO2/c1-12-3-4-15(17)14(9-12)10-16-7-5-13(6-8-16)11-18-2/h3-4,9,13,17H,5-8,10-11H2,1-2H3. The Morgan fingerprint density at radius 1 is 1.33 bits per heavy atom. The molecule has 1 aromatic rings. The number of aromatic hydroxyl groups is 1. The van der Waals surface area contributed by atoms with E-state index in [9.17, 15) is 5.11 Å². The van der Waals surface area contributed by atoms with Crippen molar-refractivity contribution >= 4 is 0 Å². The van der Waals surface area contributed by atoms with Crippen molar-refractivity contribution < 1.29 is 9.84 Å². The topological polar surface area (TPSA) is 32.7 Å². The van der Waals surface area contributed by atoms with Crippen LogP contribution in [-0.2, 0) is 11.3 Å². The molecule has 0 radical (unpaired) electrons. The Balaban J connectivity index is 1.89. The van der Waals surface area contributed by atoms with Gasteiger partial charge in [-0.05, 0) is 44.8 Å². The molecule has 1 fully saturated rings. The van der Waals surface area contributed by atoms with Gasteiger partial charge in [-0.15, -0.1) is 0 Å². The summed E-state index contributed by atoms with van der Waals surface area (Å²) in [6.07, 6.45) is 2.39. The molecule has 1 saturated heterocycles. The van der Waals surface area contributed by atoms with Crippen LogP contribution in [0.4, 0.5) is 0 Å². The minimum absolute atomic E-state index is 0.416. The molecule has 18 heavy (non-hydrogen) atoms. The van der Waals surface area contributed by atoms with Crippen LogP contribution in [0.5, 0.6) is 5.75 Å². The Bertz CT molecular complexity index is 384. The highest BCUT2D eigenvalue weighted by molar-refractivity contribution is 5.35. The van der Waals surface area contributed by atoms with Gasteiger partial charge in [0.2, 0.25) is 0 Å².